The zero-order chi connectivity index (χ0) is 16.8. The molecule has 0 aliphatic carbocycles. The number of aryl methyl sites for hydroxylation is 1. The summed E-state index contributed by atoms with van der Waals surface area (Å²) in [4.78, 5) is 2.33. The van der Waals surface area contributed by atoms with Gasteiger partial charge in [-0.15, -0.1) is 0 Å². The van der Waals surface area contributed by atoms with Crippen LogP contribution in [0, 0.1) is 6.92 Å². The molecule has 2 aromatic carbocycles. The second kappa shape index (κ2) is 7.77. The normalized spacial score (nSPS) is 10.3. The molecule has 4 heteroatoms. The molecule has 2 rings (SSSR count). The number of hydrogen-bond donors (Lipinski definition) is 0. The Morgan fingerprint density at radius 2 is 1.52 bits per heavy atom. The Balaban J connectivity index is 2.36. The molecule has 4 nitrogen and oxygen atoms in total. The lowest BCUT2D eigenvalue weighted by Gasteiger charge is -2.25. The summed E-state index contributed by atoms with van der Waals surface area (Å²) in [6.07, 6.45) is 0. The van der Waals surface area contributed by atoms with Crippen LogP contribution in [0.3, 0.4) is 0 Å². The maximum Gasteiger partial charge on any atom is 0.203 e. The molecular formula is C19H25NO3. The average molecular weight is 315 g/mol. The third-order valence-electron chi connectivity index (χ3n) is 3.94. The highest BCUT2D eigenvalue weighted by Gasteiger charge is 2.15. The van der Waals surface area contributed by atoms with Gasteiger partial charge in [0.1, 0.15) is 0 Å². The molecule has 0 heterocycles. The van der Waals surface area contributed by atoms with E-state index in [1.807, 2.05) is 12.1 Å². The Bertz CT molecular complexity index is 630. The van der Waals surface area contributed by atoms with Gasteiger partial charge in [-0.1, -0.05) is 18.2 Å². The monoisotopic (exact) mass is 315 g/mol. The Morgan fingerprint density at radius 3 is 2.00 bits per heavy atom. The zero-order valence-electron chi connectivity index (χ0n) is 14.6. The van der Waals surface area contributed by atoms with Gasteiger partial charge in [-0.25, -0.2) is 0 Å². The summed E-state index contributed by atoms with van der Waals surface area (Å²) < 4.78 is 16.3. The molecule has 0 saturated heterocycles. The molecule has 0 bridgehead atoms. The van der Waals surface area contributed by atoms with Crippen LogP contribution in [0.5, 0.6) is 17.2 Å². The number of nitrogens with zero attached hydrogens (tertiary/aromatic N) is 1. The molecule has 0 unspecified atom stereocenters. The van der Waals surface area contributed by atoms with Crippen molar-refractivity contribution >= 4 is 5.69 Å². The fraction of sp³-hybridized carbons (Fsp3) is 0.368. The van der Waals surface area contributed by atoms with Gasteiger partial charge >= 0.3 is 0 Å². The fourth-order valence-electron chi connectivity index (χ4n) is 2.73. The summed E-state index contributed by atoms with van der Waals surface area (Å²) in [5, 5.41) is 0. The van der Waals surface area contributed by atoms with Crippen molar-refractivity contribution in [2.45, 2.75) is 20.4 Å². The van der Waals surface area contributed by atoms with Gasteiger partial charge in [0.25, 0.3) is 0 Å². The maximum absolute atomic E-state index is 5.44. The molecule has 0 saturated carbocycles. The first-order chi connectivity index (χ1) is 11.1. The van der Waals surface area contributed by atoms with Gasteiger partial charge < -0.3 is 19.1 Å². The van der Waals surface area contributed by atoms with Crippen LogP contribution < -0.4 is 19.1 Å². The summed E-state index contributed by atoms with van der Waals surface area (Å²) in [6.45, 7) is 5.98. The van der Waals surface area contributed by atoms with Gasteiger partial charge in [0.05, 0.1) is 21.3 Å². The molecule has 0 atom stereocenters. The van der Waals surface area contributed by atoms with Crippen LogP contribution in [-0.4, -0.2) is 27.9 Å². The van der Waals surface area contributed by atoms with E-state index < -0.39 is 0 Å². The standard InChI is InChI=1S/C19H25NO3/c1-6-20(16-10-8-7-9-14(16)2)13-15-11-17(21-3)19(23-5)18(12-15)22-4/h7-12H,6,13H2,1-5H3. The predicted octanol–water partition coefficient (Wildman–Crippen LogP) is 4.05. The van der Waals surface area contributed by atoms with Crippen molar-refractivity contribution in [2.24, 2.45) is 0 Å². The first kappa shape index (κ1) is 17.0. The molecule has 0 aromatic heterocycles. The Labute approximate surface area is 138 Å². The number of methoxy groups -OCH3 is 3. The predicted molar refractivity (Wildman–Crippen MR) is 94.0 cm³/mol. The topological polar surface area (TPSA) is 30.9 Å². The maximum atomic E-state index is 5.44. The van der Waals surface area contributed by atoms with Crippen molar-refractivity contribution < 1.29 is 14.2 Å². The summed E-state index contributed by atoms with van der Waals surface area (Å²) in [5.41, 5.74) is 3.62. The number of rotatable bonds is 7. The van der Waals surface area contributed by atoms with Gasteiger partial charge in [-0.3, -0.25) is 0 Å². The van der Waals surface area contributed by atoms with Crippen LogP contribution in [0.1, 0.15) is 18.1 Å². The van der Waals surface area contributed by atoms with E-state index >= 15 is 0 Å². The molecule has 0 spiro atoms. The smallest absolute Gasteiger partial charge is 0.203 e. The van der Waals surface area contributed by atoms with Crippen molar-refractivity contribution in [3.8, 4) is 17.2 Å². The fourth-order valence-corrected chi connectivity index (χ4v) is 2.73. The van der Waals surface area contributed by atoms with Gasteiger partial charge in [0, 0.05) is 18.8 Å². The Kier molecular flexibility index (Phi) is 5.74. The highest BCUT2D eigenvalue weighted by atomic mass is 16.5. The van der Waals surface area contributed by atoms with Crippen LogP contribution in [-0.2, 0) is 6.54 Å². The first-order valence-corrected chi connectivity index (χ1v) is 7.74. The molecule has 0 aliphatic heterocycles. The van der Waals surface area contributed by atoms with Crippen LogP contribution in [0.4, 0.5) is 5.69 Å². The SMILES string of the molecule is CCN(Cc1cc(OC)c(OC)c(OC)c1)c1ccccc1C. The summed E-state index contributed by atoms with van der Waals surface area (Å²) in [5.74, 6) is 1.99. The number of ether oxygens (including phenoxy) is 3. The molecule has 23 heavy (non-hydrogen) atoms. The second-order valence-electron chi connectivity index (χ2n) is 5.33. The second-order valence-corrected chi connectivity index (χ2v) is 5.33. The van der Waals surface area contributed by atoms with Gasteiger partial charge in [0.2, 0.25) is 5.75 Å². The van der Waals surface area contributed by atoms with Crippen LogP contribution in [0.25, 0.3) is 0 Å². The van der Waals surface area contributed by atoms with E-state index in [1.165, 1.54) is 11.3 Å². The quantitative estimate of drug-likeness (QED) is 0.771. The molecular weight excluding hydrogens is 290 g/mol. The molecule has 0 fully saturated rings. The van der Waals surface area contributed by atoms with Crippen molar-refractivity contribution in [3.05, 3.63) is 47.5 Å². The highest BCUT2D eigenvalue weighted by Crippen LogP contribution is 2.38. The Hall–Kier alpha value is -2.36. The lowest BCUT2D eigenvalue weighted by molar-refractivity contribution is 0.324. The first-order valence-electron chi connectivity index (χ1n) is 7.74. The minimum atomic E-state index is 0.623. The lowest BCUT2D eigenvalue weighted by Crippen LogP contribution is -2.22. The van der Waals surface area contributed by atoms with Crippen LogP contribution >= 0.6 is 0 Å². The molecule has 0 N–H and O–H groups in total. The van der Waals surface area contributed by atoms with E-state index in [4.69, 9.17) is 14.2 Å². The van der Waals surface area contributed by atoms with Crippen molar-refractivity contribution in [1.29, 1.82) is 0 Å². The highest BCUT2D eigenvalue weighted by molar-refractivity contribution is 5.57. The largest absolute Gasteiger partial charge is 0.493 e. The van der Waals surface area contributed by atoms with Crippen molar-refractivity contribution in [2.75, 3.05) is 32.8 Å². The van der Waals surface area contributed by atoms with E-state index in [1.54, 1.807) is 21.3 Å². The average Bonchev–Trinajstić information content (AvgIpc) is 2.59. The van der Waals surface area contributed by atoms with Crippen molar-refractivity contribution in [1.82, 2.24) is 0 Å². The molecule has 0 radical (unpaired) electrons. The third kappa shape index (κ3) is 3.70. The van der Waals surface area contributed by atoms with Crippen molar-refractivity contribution in [3.63, 3.8) is 0 Å². The third-order valence-corrected chi connectivity index (χ3v) is 3.94. The number of hydrogen-bond acceptors (Lipinski definition) is 4. The Morgan fingerprint density at radius 1 is 0.913 bits per heavy atom. The molecule has 124 valence electrons. The van der Waals surface area contributed by atoms with Crippen LogP contribution in [0.15, 0.2) is 36.4 Å². The molecule has 0 amide bonds. The zero-order valence-corrected chi connectivity index (χ0v) is 14.6. The lowest BCUT2D eigenvalue weighted by atomic mass is 10.1. The van der Waals surface area contributed by atoms with E-state index in [2.05, 4.69) is 43.0 Å². The van der Waals surface area contributed by atoms with E-state index in [0.29, 0.717) is 17.2 Å². The minimum absolute atomic E-state index is 0.623. The van der Waals surface area contributed by atoms with E-state index in [0.717, 1.165) is 18.7 Å². The van der Waals surface area contributed by atoms with Gasteiger partial charge in [-0.2, -0.15) is 0 Å². The molecule has 0 aliphatic rings. The summed E-state index contributed by atoms with van der Waals surface area (Å²) >= 11 is 0. The van der Waals surface area contributed by atoms with Gasteiger partial charge in [-0.05, 0) is 43.2 Å². The van der Waals surface area contributed by atoms with E-state index in [9.17, 15) is 0 Å². The molecule has 2 aromatic rings. The number of anilines is 1. The number of para-hydroxylation sites is 1. The number of benzene rings is 2. The summed E-state index contributed by atoms with van der Waals surface area (Å²) in [6, 6.07) is 12.4. The van der Waals surface area contributed by atoms with E-state index in [-0.39, 0.29) is 0 Å². The summed E-state index contributed by atoms with van der Waals surface area (Å²) in [7, 11) is 4.89. The minimum Gasteiger partial charge on any atom is -0.493 e. The van der Waals surface area contributed by atoms with Gasteiger partial charge in [0.15, 0.2) is 11.5 Å². The van der Waals surface area contributed by atoms with Crippen LogP contribution in [0.2, 0.25) is 0 Å².